The summed E-state index contributed by atoms with van der Waals surface area (Å²) in [6.07, 6.45) is -1.08. The molecule has 156 valence electrons. The predicted octanol–water partition coefficient (Wildman–Crippen LogP) is -0.237. The number of benzene rings is 1. The van der Waals surface area contributed by atoms with E-state index in [4.69, 9.17) is 27.4 Å². The third-order valence-electron chi connectivity index (χ3n) is 4.48. The van der Waals surface area contributed by atoms with Crippen LogP contribution in [-0.2, 0) is 19.1 Å². The molecule has 0 bridgehead atoms. The van der Waals surface area contributed by atoms with Gasteiger partial charge in [0.25, 0.3) is 5.17 Å². The van der Waals surface area contributed by atoms with Crippen molar-refractivity contribution in [3.63, 3.8) is 0 Å². The number of methoxy groups -OCH3 is 1. The Labute approximate surface area is 171 Å². The lowest BCUT2D eigenvalue weighted by molar-refractivity contribution is -0.131. The lowest BCUT2D eigenvalue weighted by Crippen LogP contribution is -2.36. The molecule has 0 unspecified atom stereocenters. The summed E-state index contributed by atoms with van der Waals surface area (Å²) in [5, 5.41) is 2.98. The maximum Gasteiger partial charge on any atom is 0.414 e. The lowest BCUT2D eigenvalue weighted by Gasteiger charge is -2.21. The molecular formula is C17H20FN5O5S. The first-order valence-corrected chi connectivity index (χ1v) is 9.10. The summed E-state index contributed by atoms with van der Waals surface area (Å²) in [4.78, 5) is 39.2. The Bertz CT molecular complexity index is 854. The number of carbonyl (C=O) groups is 3. The molecule has 2 aliphatic heterocycles. The highest BCUT2D eigenvalue weighted by Gasteiger charge is 2.34. The van der Waals surface area contributed by atoms with Crippen molar-refractivity contribution in [2.75, 3.05) is 49.8 Å². The van der Waals surface area contributed by atoms with Crippen molar-refractivity contribution in [1.82, 2.24) is 10.2 Å². The number of hydrogen-bond acceptors (Lipinski definition) is 7. The van der Waals surface area contributed by atoms with E-state index in [9.17, 15) is 18.8 Å². The number of carbonyl (C=O) groups excluding carboxylic acids is 3. The molecule has 2 aliphatic rings. The van der Waals surface area contributed by atoms with E-state index in [-0.39, 0.29) is 49.6 Å². The van der Waals surface area contributed by atoms with Gasteiger partial charge in [-0.15, -0.1) is 0 Å². The van der Waals surface area contributed by atoms with E-state index in [2.05, 4.69) is 5.32 Å². The fourth-order valence-electron chi connectivity index (χ4n) is 3.11. The molecule has 1 atom stereocenters. The number of halogens is 1. The summed E-state index contributed by atoms with van der Waals surface area (Å²) in [5.41, 5.74) is 5.63. The van der Waals surface area contributed by atoms with Crippen molar-refractivity contribution < 1.29 is 28.2 Å². The molecule has 12 heteroatoms. The number of hydrogen-bond donors (Lipinski definition) is 2. The molecule has 0 saturated carbocycles. The molecule has 10 nitrogen and oxygen atoms in total. The smallest absolute Gasteiger partial charge is 0.414 e. The molecule has 0 aromatic heterocycles. The second-order valence-electron chi connectivity index (χ2n) is 6.52. The third-order valence-corrected chi connectivity index (χ3v) is 4.80. The van der Waals surface area contributed by atoms with E-state index in [1.165, 1.54) is 33.9 Å². The lowest BCUT2D eigenvalue weighted by atomic mass is 10.2. The van der Waals surface area contributed by atoms with E-state index < -0.39 is 23.9 Å². The number of cyclic esters (lactones) is 1. The fourth-order valence-corrected chi connectivity index (χ4v) is 3.20. The van der Waals surface area contributed by atoms with Crippen LogP contribution in [0.5, 0.6) is 0 Å². The van der Waals surface area contributed by atoms with Crippen molar-refractivity contribution in [2.45, 2.75) is 6.10 Å². The second-order valence-corrected chi connectivity index (χ2v) is 6.89. The van der Waals surface area contributed by atoms with Gasteiger partial charge in [0.05, 0.1) is 44.8 Å². The number of amides is 3. The highest BCUT2D eigenvalue weighted by molar-refractivity contribution is 7.80. The zero-order valence-electron chi connectivity index (χ0n) is 15.6. The van der Waals surface area contributed by atoms with Crippen molar-refractivity contribution in [3.05, 3.63) is 24.0 Å². The summed E-state index contributed by atoms with van der Waals surface area (Å²) in [5.74, 6) is -1.57. The van der Waals surface area contributed by atoms with Gasteiger partial charge in [-0.2, -0.15) is 0 Å². The maximum atomic E-state index is 14.7. The van der Waals surface area contributed by atoms with Crippen LogP contribution in [0.4, 0.5) is 20.6 Å². The van der Waals surface area contributed by atoms with E-state index in [0.29, 0.717) is 5.69 Å². The third kappa shape index (κ3) is 4.65. The normalized spacial score (nSPS) is 18.8. The fraction of sp³-hybridized carbons (Fsp3) is 0.412. The molecule has 2 heterocycles. The Balaban J connectivity index is 1.67. The van der Waals surface area contributed by atoms with Gasteiger partial charge in [0.2, 0.25) is 11.8 Å². The molecule has 3 N–H and O–H groups in total. The first-order chi connectivity index (χ1) is 13.8. The Morgan fingerprint density at radius 1 is 1.45 bits per heavy atom. The van der Waals surface area contributed by atoms with Gasteiger partial charge in [-0.3, -0.25) is 14.5 Å². The molecule has 1 aromatic carbocycles. The maximum absolute atomic E-state index is 14.7. The van der Waals surface area contributed by atoms with Crippen molar-refractivity contribution in [3.8, 4) is 0 Å². The molecular weight excluding hydrogens is 405 g/mol. The summed E-state index contributed by atoms with van der Waals surface area (Å²) in [6, 6.07) is 4.24. The van der Waals surface area contributed by atoms with Crippen LogP contribution in [0.2, 0.25) is 0 Å². The highest BCUT2D eigenvalue weighted by atomic mass is 32.1. The highest BCUT2D eigenvalue weighted by Crippen LogP contribution is 2.29. The Morgan fingerprint density at radius 3 is 2.86 bits per heavy atom. The average Bonchev–Trinajstić information content (AvgIpc) is 3.21. The van der Waals surface area contributed by atoms with Crippen LogP contribution >= 0.6 is 12.2 Å². The Morgan fingerprint density at radius 2 is 2.21 bits per heavy atom. The van der Waals surface area contributed by atoms with Gasteiger partial charge in [0.1, 0.15) is 18.5 Å². The van der Waals surface area contributed by atoms with Gasteiger partial charge < -0.3 is 30.3 Å². The number of anilines is 2. The van der Waals surface area contributed by atoms with Crippen LogP contribution in [0, 0.1) is 5.82 Å². The number of thiocarbonyl (C=S) groups is 1. The second kappa shape index (κ2) is 8.47. The summed E-state index contributed by atoms with van der Waals surface area (Å²) < 4.78 is 24.8. The summed E-state index contributed by atoms with van der Waals surface area (Å²) in [7, 11) is 1.42. The van der Waals surface area contributed by atoms with Crippen LogP contribution < -0.4 is 20.9 Å². The van der Waals surface area contributed by atoms with Crippen LogP contribution in [0.15, 0.2) is 18.2 Å². The molecule has 0 spiro atoms. The minimum atomic E-state index is -0.640. The summed E-state index contributed by atoms with van der Waals surface area (Å²) in [6.45, 7) is 0.239. The van der Waals surface area contributed by atoms with E-state index >= 15 is 0 Å². The molecule has 3 amide bonds. The average molecular weight is 425 g/mol. The minimum absolute atomic E-state index is 0.0525. The number of nitrogens with two attached hydrogens (primary N) is 1. The van der Waals surface area contributed by atoms with Crippen LogP contribution in [0.25, 0.3) is 0 Å². The van der Waals surface area contributed by atoms with Crippen LogP contribution in [0.1, 0.15) is 0 Å². The summed E-state index contributed by atoms with van der Waals surface area (Å²) >= 11 is 4.87. The van der Waals surface area contributed by atoms with Crippen molar-refractivity contribution in [2.24, 2.45) is 5.73 Å². The van der Waals surface area contributed by atoms with Gasteiger partial charge in [0, 0.05) is 0 Å². The van der Waals surface area contributed by atoms with E-state index in [0.717, 1.165) is 0 Å². The van der Waals surface area contributed by atoms with Gasteiger partial charge in [0.15, 0.2) is 0 Å². The van der Waals surface area contributed by atoms with E-state index in [1.807, 2.05) is 0 Å². The molecule has 0 aliphatic carbocycles. The standard InChI is InChI=1S/C17H20FN5O5S/c1-27-16(29)20-5-11-6-23(17(26)28-11)10-2-3-13(12(18)4-10)21-8-15(25)22(9-21)7-14(19)24/h2-4,11H,5-9H2,1H3,(H2,19,24)(H,20,29)/t11-/m0/s1. The van der Waals surface area contributed by atoms with Crippen LogP contribution in [-0.4, -0.2) is 74.0 Å². The molecule has 0 radical (unpaired) electrons. The van der Waals surface area contributed by atoms with Gasteiger partial charge in [-0.1, -0.05) is 0 Å². The first kappa shape index (κ1) is 20.6. The van der Waals surface area contributed by atoms with Crippen molar-refractivity contribution >= 4 is 46.7 Å². The quantitative estimate of drug-likeness (QED) is 0.600. The minimum Gasteiger partial charge on any atom is -0.474 e. The predicted molar refractivity (Wildman–Crippen MR) is 105 cm³/mol. The largest absolute Gasteiger partial charge is 0.474 e. The molecule has 2 saturated heterocycles. The molecule has 3 rings (SSSR count). The number of rotatable bonds is 6. The zero-order valence-corrected chi connectivity index (χ0v) is 16.4. The number of ether oxygens (including phenoxy) is 2. The van der Waals surface area contributed by atoms with Gasteiger partial charge in [-0.05, 0) is 30.4 Å². The first-order valence-electron chi connectivity index (χ1n) is 8.69. The van der Waals surface area contributed by atoms with Crippen molar-refractivity contribution in [1.29, 1.82) is 0 Å². The SMILES string of the molecule is COC(=S)NC[C@H]1CN(c2ccc(N3CC(=O)N(CC(N)=O)C3)c(F)c2)C(=O)O1. The van der Waals surface area contributed by atoms with Crippen LogP contribution in [0.3, 0.4) is 0 Å². The topological polar surface area (TPSA) is 117 Å². The molecule has 2 fully saturated rings. The zero-order chi connectivity index (χ0) is 21.1. The number of nitrogens with one attached hydrogen (secondary N) is 1. The molecule has 29 heavy (non-hydrogen) atoms. The van der Waals surface area contributed by atoms with Gasteiger partial charge >= 0.3 is 6.09 Å². The van der Waals surface area contributed by atoms with E-state index in [1.54, 1.807) is 6.07 Å². The Hall–Kier alpha value is -3.15. The number of nitrogens with zero attached hydrogens (tertiary/aromatic N) is 3. The Kier molecular flexibility index (Phi) is 6.01. The molecule has 1 aromatic rings. The monoisotopic (exact) mass is 425 g/mol. The number of primary amides is 1. The van der Waals surface area contributed by atoms with Gasteiger partial charge in [-0.25, -0.2) is 9.18 Å².